The number of nitrogens with one attached hydrogen (secondary N) is 1. The molecule has 26 heavy (non-hydrogen) atoms. The van der Waals surface area contributed by atoms with Crippen LogP contribution in [0, 0.1) is 0 Å². The van der Waals surface area contributed by atoms with E-state index in [-0.39, 0.29) is 11.7 Å². The summed E-state index contributed by atoms with van der Waals surface area (Å²) in [7, 11) is 3.28. The van der Waals surface area contributed by atoms with Crippen LogP contribution in [0.2, 0.25) is 0 Å². The molecule has 2 aromatic heterocycles. The van der Waals surface area contributed by atoms with E-state index in [2.05, 4.69) is 15.2 Å². The molecule has 0 aliphatic heterocycles. The van der Waals surface area contributed by atoms with Crippen LogP contribution in [-0.4, -0.2) is 55.7 Å². The van der Waals surface area contributed by atoms with E-state index in [1.54, 1.807) is 14.1 Å². The monoisotopic (exact) mass is 371 g/mol. The highest BCUT2D eigenvalue weighted by molar-refractivity contribution is 8.01. The summed E-state index contributed by atoms with van der Waals surface area (Å²) in [6.07, 6.45) is 1.91. The Labute approximate surface area is 155 Å². The fourth-order valence-corrected chi connectivity index (χ4v) is 3.88. The Balaban J connectivity index is 2.01. The summed E-state index contributed by atoms with van der Waals surface area (Å²) in [6.45, 7) is 4.04. The van der Waals surface area contributed by atoms with E-state index in [9.17, 15) is 9.59 Å². The fraction of sp³-hybridized carbons (Fsp3) is 0.333. The van der Waals surface area contributed by atoms with Gasteiger partial charge < -0.3 is 14.5 Å². The molecule has 1 amide bonds. The van der Waals surface area contributed by atoms with Crippen molar-refractivity contribution in [2.45, 2.75) is 30.8 Å². The number of fused-ring (bicyclic) bond motifs is 1. The van der Waals surface area contributed by atoms with Crippen LogP contribution in [0.5, 0.6) is 0 Å². The number of carbonyl (C=O) groups excluding carboxylic acids is 2. The first-order valence-electron chi connectivity index (χ1n) is 8.32. The summed E-state index contributed by atoms with van der Waals surface area (Å²) in [6, 6.07) is 7.97. The van der Waals surface area contributed by atoms with Gasteiger partial charge in [0.05, 0.1) is 0 Å². The molecule has 8 heteroatoms. The van der Waals surface area contributed by atoms with Crippen molar-refractivity contribution in [1.82, 2.24) is 24.6 Å². The van der Waals surface area contributed by atoms with Crippen LogP contribution in [-0.2, 0) is 16.1 Å². The van der Waals surface area contributed by atoms with Crippen LogP contribution < -0.4 is 0 Å². The molecule has 0 unspecified atom stereocenters. The van der Waals surface area contributed by atoms with Gasteiger partial charge in [-0.05, 0) is 19.9 Å². The number of Topliss-reactive ketones (excluding diaryl/α,β-unsaturated/α-hetero) is 1. The Morgan fingerprint density at radius 2 is 2.00 bits per heavy atom. The van der Waals surface area contributed by atoms with Crippen LogP contribution in [0.3, 0.4) is 0 Å². The van der Waals surface area contributed by atoms with Crippen molar-refractivity contribution in [3.05, 3.63) is 30.5 Å². The Hall–Kier alpha value is -2.61. The number of hydrogen-bond donors (Lipinski definition) is 1. The number of hydrogen-bond acceptors (Lipinski definition) is 5. The van der Waals surface area contributed by atoms with E-state index in [4.69, 9.17) is 0 Å². The maximum Gasteiger partial charge on any atom is 0.243 e. The van der Waals surface area contributed by atoms with Gasteiger partial charge >= 0.3 is 0 Å². The molecular weight excluding hydrogens is 350 g/mol. The van der Waals surface area contributed by atoms with Crippen LogP contribution in [0.15, 0.2) is 35.6 Å². The van der Waals surface area contributed by atoms with E-state index in [0.29, 0.717) is 17.5 Å². The van der Waals surface area contributed by atoms with Gasteiger partial charge in [0.1, 0.15) is 5.25 Å². The molecule has 3 rings (SSSR count). The molecule has 0 spiro atoms. The fourth-order valence-electron chi connectivity index (χ4n) is 2.76. The summed E-state index contributed by atoms with van der Waals surface area (Å²) < 4.78 is 1.93. The van der Waals surface area contributed by atoms with Crippen molar-refractivity contribution in [1.29, 1.82) is 0 Å². The minimum absolute atomic E-state index is 0.201. The molecule has 0 aliphatic carbocycles. The van der Waals surface area contributed by atoms with E-state index in [1.165, 1.54) is 11.8 Å². The lowest BCUT2D eigenvalue weighted by Crippen LogP contribution is -2.36. The minimum atomic E-state index is -0.824. The lowest BCUT2D eigenvalue weighted by atomic mass is 10.1. The number of benzene rings is 1. The summed E-state index contributed by atoms with van der Waals surface area (Å²) in [4.78, 5) is 29.0. The van der Waals surface area contributed by atoms with Crippen LogP contribution >= 0.6 is 11.8 Å². The van der Waals surface area contributed by atoms with Crippen molar-refractivity contribution >= 4 is 34.4 Å². The second kappa shape index (κ2) is 7.33. The Morgan fingerprint density at radius 1 is 1.27 bits per heavy atom. The first kappa shape index (κ1) is 18.2. The van der Waals surface area contributed by atoms with Gasteiger partial charge in [-0.25, -0.2) is 0 Å². The highest BCUT2D eigenvalue weighted by Gasteiger charge is 2.29. The van der Waals surface area contributed by atoms with Gasteiger partial charge in [-0.2, -0.15) is 0 Å². The second-order valence-electron chi connectivity index (χ2n) is 6.14. The molecule has 3 aromatic rings. The zero-order valence-electron chi connectivity index (χ0n) is 15.2. The number of aromatic amines is 1. The Morgan fingerprint density at radius 3 is 2.65 bits per heavy atom. The average Bonchev–Trinajstić information content (AvgIpc) is 3.21. The Kier molecular flexibility index (Phi) is 5.13. The highest BCUT2D eigenvalue weighted by Crippen LogP contribution is 2.31. The lowest BCUT2D eigenvalue weighted by Gasteiger charge is -2.17. The van der Waals surface area contributed by atoms with Gasteiger partial charge in [0.25, 0.3) is 0 Å². The minimum Gasteiger partial charge on any atom is -0.360 e. The maximum absolute atomic E-state index is 12.3. The number of thioether (sulfide) groups is 1. The summed E-state index contributed by atoms with van der Waals surface area (Å²) in [5, 5.41) is 9.37. The molecule has 0 radical (unpaired) electrons. The predicted molar refractivity (Wildman–Crippen MR) is 102 cm³/mol. The number of aromatic nitrogens is 4. The molecule has 0 saturated carbocycles. The molecule has 7 nitrogen and oxygen atoms in total. The van der Waals surface area contributed by atoms with Crippen molar-refractivity contribution in [2.75, 3.05) is 14.1 Å². The molecule has 2 heterocycles. The standard InChI is InChI=1S/C18H21N5O2S/c1-5-23-16(13-10-19-14-9-7-6-8-12(13)14)20-21-18(23)26-15(11(2)24)17(25)22(3)4/h6-10,15,19H,5H2,1-4H3/t15-/m0/s1. The number of para-hydroxylation sites is 1. The average molecular weight is 371 g/mol. The van der Waals surface area contributed by atoms with Gasteiger partial charge in [0.2, 0.25) is 5.91 Å². The molecule has 0 aliphatic rings. The molecule has 1 atom stereocenters. The largest absolute Gasteiger partial charge is 0.360 e. The third kappa shape index (κ3) is 3.24. The molecule has 1 N–H and O–H groups in total. The summed E-state index contributed by atoms with van der Waals surface area (Å²) >= 11 is 1.15. The Bertz CT molecular complexity index is 960. The van der Waals surface area contributed by atoms with Crippen molar-refractivity contribution in [2.24, 2.45) is 0 Å². The summed E-state index contributed by atoms with van der Waals surface area (Å²) in [5.74, 6) is 0.266. The number of ketones is 1. The topological polar surface area (TPSA) is 83.9 Å². The maximum atomic E-state index is 12.3. The zero-order valence-corrected chi connectivity index (χ0v) is 16.0. The zero-order chi connectivity index (χ0) is 18.8. The number of H-pyrrole nitrogens is 1. The molecule has 0 fully saturated rings. The highest BCUT2D eigenvalue weighted by atomic mass is 32.2. The van der Waals surface area contributed by atoms with Gasteiger partial charge in [0.15, 0.2) is 16.8 Å². The van der Waals surface area contributed by atoms with E-state index in [1.807, 2.05) is 42.0 Å². The van der Waals surface area contributed by atoms with E-state index < -0.39 is 5.25 Å². The molecular formula is C18H21N5O2S. The first-order chi connectivity index (χ1) is 12.4. The van der Waals surface area contributed by atoms with Crippen LogP contribution in [0.1, 0.15) is 13.8 Å². The van der Waals surface area contributed by atoms with E-state index in [0.717, 1.165) is 28.2 Å². The molecule has 1 aromatic carbocycles. The summed E-state index contributed by atoms with van der Waals surface area (Å²) in [5.41, 5.74) is 1.96. The van der Waals surface area contributed by atoms with Gasteiger partial charge in [-0.15, -0.1) is 10.2 Å². The third-order valence-electron chi connectivity index (χ3n) is 4.12. The number of carbonyl (C=O) groups is 2. The van der Waals surface area contributed by atoms with Crippen molar-refractivity contribution in [3.8, 4) is 11.4 Å². The van der Waals surface area contributed by atoms with E-state index >= 15 is 0 Å². The van der Waals surface area contributed by atoms with Crippen LogP contribution in [0.4, 0.5) is 0 Å². The lowest BCUT2D eigenvalue weighted by molar-refractivity contribution is -0.132. The SMILES string of the molecule is CCn1c(S[C@@H](C(C)=O)C(=O)N(C)C)nnc1-c1c[nH]c2ccccc12. The normalized spacial score (nSPS) is 12.3. The number of nitrogens with zero attached hydrogens (tertiary/aromatic N) is 4. The number of rotatable bonds is 6. The molecule has 0 saturated heterocycles. The van der Waals surface area contributed by atoms with Crippen molar-refractivity contribution in [3.63, 3.8) is 0 Å². The third-order valence-corrected chi connectivity index (χ3v) is 5.40. The quantitative estimate of drug-likeness (QED) is 0.532. The van der Waals surface area contributed by atoms with Crippen molar-refractivity contribution < 1.29 is 9.59 Å². The number of amides is 1. The van der Waals surface area contributed by atoms with Gasteiger partial charge in [-0.1, -0.05) is 30.0 Å². The van der Waals surface area contributed by atoms with Gasteiger partial charge in [-0.3, -0.25) is 9.59 Å². The van der Waals surface area contributed by atoms with Crippen LogP contribution in [0.25, 0.3) is 22.3 Å². The molecule has 136 valence electrons. The van der Waals surface area contributed by atoms with Gasteiger partial charge in [0, 0.05) is 43.3 Å². The first-order valence-corrected chi connectivity index (χ1v) is 9.20. The second-order valence-corrected chi connectivity index (χ2v) is 7.21. The predicted octanol–water partition coefficient (Wildman–Crippen LogP) is 2.58. The molecule has 0 bridgehead atoms. The smallest absolute Gasteiger partial charge is 0.243 e.